The second-order valence-electron chi connectivity index (χ2n) is 2.57. The molecule has 0 heterocycles. The van der Waals surface area contributed by atoms with E-state index in [0.717, 1.165) is 10.2 Å². The van der Waals surface area contributed by atoms with Crippen molar-refractivity contribution >= 4 is 39.0 Å². The van der Waals surface area contributed by atoms with Crippen LogP contribution in [-0.2, 0) is 0 Å². The van der Waals surface area contributed by atoms with Gasteiger partial charge in [0, 0.05) is 27.5 Å². The van der Waals surface area contributed by atoms with Crippen LogP contribution < -0.4 is 4.74 Å². The zero-order valence-corrected chi connectivity index (χ0v) is 10.6. The Morgan fingerprint density at radius 2 is 1.58 bits per heavy atom. The molecule has 62 valence electrons. The Labute approximate surface area is 97.8 Å². The van der Waals surface area contributed by atoms with Gasteiger partial charge in [0.1, 0.15) is 5.75 Å². The first-order chi connectivity index (χ1) is 5.15. The molecule has 1 aromatic rings. The van der Waals surface area contributed by atoms with Crippen molar-refractivity contribution < 1.29 is 4.74 Å². The average Bonchev–Trinajstić information content (AvgIpc) is 1.85. The van der Waals surface area contributed by atoms with Crippen molar-refractivity contribution in [2.45, 2.75) is 13.8 Å². The van der Waals surface area contributed by atoms with Crippen LogP contribution in [0.5, 0.6) is 5.75 Å². The Morgan fingerprint density at radius 3 is 1.92 bits per heavy atom. The van der Waals surface area contributed by atoms with Crippen LogP contribution in [0.25, 0.3) is 0 Å². The minimum absolute atomic E-state index is 0. The van der Waals surface area contributed by atoms with E-state index in [9.17, 15) is 0 Å². The van der Waals surface area contributed by atoms with Gasteiger partial charge in [-0.15, -0.1) is 0 Å². The van der Waals surface area contributed by atoms with Crippen molar-refractivity contribution in [2.75, 3.05) is 7.11 Å². The summed E-state index contributed by atoms with van der Waals surface area (Å²) in [6, 6.07) is 4.09. The molecule has 1 nitrogen and oxygen atoms in total. The van der Waals surface area contributed by atoms with Gasteiger partial charge in [-0.2, -0.15) is 0 Å². The van der Waals surface area contributed by atoms with Crippen LogP contribution in [0.2, 0.25) is 0 Å². The lowest BCUT2D eigenvalue weighted by Crippen LogP contribution is -1.90. The second-order valence-corrected chi connectivity index (χ2v) is 3.49. The smallest absolute Gasteiger partial charge is 0.124 e. The molecule has 0 aliphatic carbocycles. The summed E-state index contributed by atoms with van der Waals surface area (Å²) < 4.78 is 6.31. The van der Waals surface area contributed by atoms with E-state index in [1.165, 1.54) is 11.1 Å². The molecule has 0 N–H and O–H groups in total. The molecule has 3 heteroatoms. The van der Waals surface area contributed by atoms with Gasteiger partial charge >= 0.3 is 0 Å². The van der Waals surface area contributed by atoms with Gasteiger partial charge in [-0.3, -0.25) is 0 Å². The van der Waals surface area contributed by atoms with E-state index in [4.69, 9.17) is 4.74 Å². The van der Waals surface area contributed by atoms with Gasteiger partial charge in [0.15, 0.2) is 0 Å². The SMILES string of the molecule is COc1c(C)cc(Br)cc1C.[Mg]. The number of benzene rings is 1. The molecule has 0 spiro atoms. The summed E-state index contributed by atoms with van der Waals surface area (Å²) in [5, 5.41) is 0. The highest BCUT2D eigenvalue weighted by atomic mass is 79.9. The van der Waals surface area contributed by atoms with Crippen LogP contribution >= 0.6 is 15.9 Å². The third kappa shape index (κ3) is 2.64. The number of hydrogen-bond acceptors (Lipinski definition) is 1. The molecule has 0 bridgehead atoms. The molecular weight excluding hydrogens is 228 g/mol. The highest BCUT2D eigenvalue weighted by Gasteiger charge is 2.02. The fourth-order valence-corrected chi connectivity index (χ4v) is 1.91. The number of rotatable bonds is 1. The Bertz CT molecular complexity index is 250. The van der Waals surface area contributed by atoms with Crippen molar-refractivity contribution in [3.8, 4) is 5.75 Å². The summed E-state index contributed by atoms with van der Waals surface area (Å²) in [5.41, 5.74) is 2.33. The minimum Gasteiger partial charge on any atom is -0.496 e. The van der Waals surface area contributed by atoms with Crippen LogP contribution in [-0.4, -0.2) is 30.2 Å². The van der Waals surface area contributed by atoms with Crippen LogP contribution in [0, 0.1) is 13.8 Å². The lowest BCUT2D eigenvalue weighted by molar-refractivity contribution is 0.408. The fraction of sp³-hybridized carbons (Fsp3) is 0.333. The van der Waals surface area contributed by atoms with Crippen molar-refractivity contribution in [3.63, 3.8) is 0 Å². The van der Waals surface area contributed by atoms with E-state index >= 15 is 0 Å². The van der Waals surface area contributed by atoms with E-state index < -0.39 is 0 Å². The average molecular weight is 239 g/mol. The number of hydrogen-bond donors (Lipinski definition) is 0. The predicted molar refractivity (Wildman–Crippen MR) is 55.9 cm³/mol. The Hall–Kier alpha value is 0.266. The topological polar surface area (TPSA) is 9.23 Å². The van der Waals surface area contributed by atoms with Gasteiger partial charge in [0.2, 0.25) is 0 Å². The van der Waals surface area contributed by atoms with Gasteiger partial charge in [-0.1, -0.05) is 15.9 Å². The Balaban J connectivity index is 0.00000121. The number of aryl methyl sites for hydroxylation is 2. The van der Waals surface area contributed by atoms with Gasteiger partial charge in [-0.25, -0.2) is 0 Å². The van der Waals surface area contributed by atoms with Crippen LogP contribution in [0.15, 0.2) is 16.6 Å². The van der Waals surface area contributed by atoms with E-state index in [2.05, 4.69) is 15.9 Å². The Kier molecular flexibility index (Phi) is 5.21. The van der Waals surface area contributed by atoms with Crippen LogP contribution in [0.4, 0.5) is 0 Å². The highest BCUT2D eigenvalue weighted by Crippen LogP contribution is 2.26. The minimum atomic E-state index is 0. The van der Waals surface area contributed by atoms with Crippen LogP contribution in [0.3, 0.4) is 0 Å². The molecule has 0 aliphatic heterocycles. The molecule has 0 unspecified atom stereocenters. The van der Waals surface area contributed by atoms with Crippen molar-refractivity contribution in [1.82, 2.24) is 0 Å². The van der Waals surface area contributed by atoms with E-state index in [1.807, 2.05) is 26.0 Å². The first kappa shape index (κ1) is 12.3. The van der Waals surface area contributed by atoms with Crippen molar-refractivity contribution in [1.29, 1.82) is 0 Å². The molecule has 1 rings (SSSR count). The molecule has 0 atom stereocenters. The molecule has 0 amide bonds. The van der Waals surface area contributed by atoms with E-state index in [-0.39, 0.29) is 23.1 Å². The summed E-state index contributed by atoms with van der Waals surface area (Å²) >= 11 is 3.42. The summed E-state index contributed by atoms with van der Waals surface area (Å²) in [6.07, 6.45) is 0. The number of halogens is 1. The summed E-state index contributed by atoms with van der Waals surface area (Å²) in [4.78, 5) is 0. The molecular formula is C9H11BrMgO. The Morgan fingerprint density at radius 1 is 1.17 bits per heavy atom. The summed E-state index contributed by atoms with van der Waals surface area (Å²) in [6.45, 7) is 4.08. The van der Waals surface area contributed by atoms with Gasteiger partial charge in [0.25, 0.3) is 0 Å². The largest absolute Gasteiger partial charge is 0.496 e. The normalized spacial score (nSPS) is 9.00. The molecule has 0 saturated heterocycles. The molecule has 1 aromatic carbocycles. The second kappa shape index (κ2) is 5.09. The highest BCUT2D eigenvalue weighted by molar-refractivity contribution is 9.10. The maximum atomic E-state index is 5.21. The molecule has 0 aliphatic rings. The van der Waals surface area contributed by atoms with E-state index in [0.29, 0.717) is 0 Å². The lowest BCUT2D eigenvalue weighted by atomic mass is 10.1. The predicted octanol–water partition coefficient (Wildman–Crippen LogP) is 2.69. The molecule has 0 saturated carbocycles. The monoisotopic (exact) mass is 238 g/mol. The van der Waals surface area contributed by atoms with Gasteiger partial charge in [-0.05, 0) is 37.1 Å². The van der Waals surface area contributed by atoms with Crippen molar-refractivity contribution in [3.05, 3.63) is 27.7 Å². The first-order valence-corrected chi connectivity index (χ1v) is 4.25. The third-order valence-corrected chi connectivity index (χ3v) is 2.09. The maximum absolute atomic E-state index is 5.21. The van der Waals surface area contributed by atoms with Gasteiger partial charge < -0.3 is 4.74 Å². The van der Waals surface area contributed by atoms with Crippen molar-refractivity contribution in [2.24, 2.45) is 0 Å². The number of methoxy groups -OCH3 is 1. The fourth-order valence-electron chi connectivity index (χ4n) is 1.22. The standard InChI is InChI=1S/C9H11BrO.Mg/c1-6-4-8(10)5-7(2)9(6)11-3;/h4-5H,1-3H3;. The maximum Gasteiger partial charge on any atom is 0.124 e. The molecule has 12 heavy (non-hydrogen) atoms. The number of ether oxygens (including phenoxy) is 1. The summed E-state index contributed by atoms with van der Waals surface area (Å²) in [5.74, 6) is 0.980. The zero-order valence-electron chi connectivity index (χ0n) is 7.65. The lowest BCUT2D eigenvalue weighted by Gasteiger charge is -2.07. The molecule has 2 radical (unpaired) electrons. The van der Waals surface area contributed by atoms with E-state index in [1.54, 1.807) is 7.11 Å². The molecule has 0 aromatic heterocycles. The summed E-state index contributed by atoms with van der Waals surface area (Å²) in [7, 11) is 1.70. The third-order valence-electron chi connectivity index (χ3n) is 1.63. The first-order valence-electron chi connectivity index (χ1n) is 3.46. The molecule has 0 fully saturated rings. The quantitative estimate of drug-likeness (QED) is 0.685. The zero-order chi connectivity index (χ0) is 8.43. The van der Waals surface area contributed by atoms with Crippen LogP contribution in [0.1, 0.15) is 11.1 Å². The van der Waals surface area contributed by atoms with Gasteiger partial charge in [0.05, 0.1) is 7.11 Å².